The summed E-state index contributed by atoms with van der Waals surface area (Å²) in [6.07, 6.45) is 4.32. The van der Waals surface area contributed by atoms with E-state index in [0.29, 0.717) is 17.0 Å². The highest BCUT2D eigenvalue weighted by molar-refractivity contribution is 6.30. The molecule has 1 saturated heterocycles. The molecule has 2 amide bonds. The zero-order chi connectivity index (χ0) is 19.6. The van der Waals surface area contributed by atoms with Crippen LogP contribution in [0.2, 0.25) is 5.02 Å². The Kier molecular flexibility index (Phi) is 7.65. The van der Waals surface area contributed by atoms with Crippen molar-refractivity contribution in [3.63, 3.8) is 0 Å². The average molecular weight is 436 g/mol. The molecule has 2 fully saturated rings. The Morgan fingerprint density at radius 3 is 2.50 bits per heavy atom. The minimum Gasteiger partial charge on any atom is -0.348 e. The summed E-state index contributed by atoms with van der Waals surface area (Å²) < 4.78 is 26.8. The van der Waals surface area contributed by atoms with Crippen LogP contribution in [0, 0.1) is 5.92 Å². The van der Waals surface area contributed by atoms with Gasteiger partial charge in [0, 0.05) is 16.6 Å². The number of fused-ring (bicyclic) bond motifs is 1. The van der Waals surface area contributed by atoms with Crippen LogP contribution >= 0.6 is 24.0 Å². The van der Waals surface area contributed by atoms with Gasteiger partial charge in [-0.15, -0.1) is 12.4 Å². The summed E-state index contributed by atoms with van der Waals surface area (Å²) in [5.74, 6) is -3.74. The molecular formula is C19H25Cl2F2N3O2. The van der Waals surface area contributed by atoms with Crippen LogP contribution < -0.4 is 11.1 Å². The normalized spacial score (nSPS) is 24.3. The van der Waals surface area contributed by atoms with E-state index in [-0.39, 0.29) is 30.3 Å². The molecule has 2 aliphatic rings. The van der Waals surface area contributed by atoms with E-state index in [2.05, 4.69) is 5.32 Å². The Hall–Kier alpha value is -1.44. The predicted molar refractivity (Wildman–Crippen MR) is 106 cm³/mol. The first kappa shape index (κ1) is 22.8. The third kappa shape index (κ3) is 4.93. The minimum atomic E-state index is -3.16. The van der Waals surface area contributed by atoms with Crippen LogP contribution in [0.4, 0.5) is 8.78 Å². The fraction of sp³-hybridized carbons (Fsp3) is 0.579. The van der Waals surface area contributed by atoms with Crippen LogP contribution in [-0.4, -0.2) is 47.8 Å². The fourth-order valence-corrected chi connectivity index (χ4v) is 4.26. The van der Waals surface area contributed by atoms with Crippen molar-refractivity contribution in [1.29, 1.82) is 0 Å². The van der Waals surface area contributed by atoms with E-state index in [1.54, 1.807) is 29.2 Å². The zero-order valence-electron chi connectivity index (χ0n) is 15.4. The minimum absolute atomic E-state index is 0. The molecule has 1 aromatic carbocycles. The van der Waals surface area contributed by atoms with Gasteiger partial charge in [-0.25, -0.2) is 8.78 Å². The Morgan fingerprint density at radius 1 is 1.21 bits per heavy atom. The molecule has 28 heavy (non-hydrogen) atoms. The van der Waals surface area contributed by atoms with E-state index < -0.39 is 31.0 Å². The van der Waals surface area contributed by atoms with Crippen molar-refractivity contribution in [2.24, 2.45) is 11.7 Å². The van der Waals surface area contributed by atoms with Crippen molar-refractivity contribution >= 4 is 35.8 Å². The lowest BCUT2D eigenvalue weighted by atomic mass is 9.84. The Morgan fingerprint density at radius 2 is 1.86 bits per heavy atom. The Bertz CT molecular complexity index is 703. The van der Waals surface area contributed by atoms with Crippen molar-refractivity contribution in [3.05, 3.63) is 34.9 Å². The third-order valence-electron chi connectivity index (χ3n) is 5.54. The molecule has 1 heterocycles. The topological polar surface area (TPSA) is 75.4 Å². The van der Waals surface area contributed by atoms with Gasteiger partial charge in [0.05, 0.1) is 13.1 Å². The van der Waals surface area contributed by atoms with Crippen LogP contribution in [0.15, 0.2) is 24.3 Å². The standard InChI is InChI=1S/C19H24ClF2N3O2.ClH/c20-14-7-5-12(6-8-14)18(27)25-15-4-2-1-3-13(15)9-16(25)17(26)24-11-19(21,22)10-23;/h5-8,13,15-16H,1-4,9-11,23H2,(H,24,26);1H. The van der Waals surface area contributed by atoms with E-state index in [4.69, 9.17) is 17.3 Å². The Labute approximate surface area is 174 Å². The molecule has 5 nitrogen and oxygen atoms in total. The van der Waals surface area contributed by atoms with Gasteiger partial charge in [-0.2, -0.15) is 0 Å². The number of nitrogens with zero attached hydrogens (tertiary/aromatic N) is 1. The lowest BCUT2D eigenvalue weighted by Gasteiger charge is -2.33. The average Bonchev–Trinajstić information content (AvgIpc) is 3.06. The summed E-state index contributed by atoms with van der Waals surface area (Å²) in [4.78, 5) is 27.4. The lowest BCUT2D eigenvalue weighted by Crippen LogP contribution is -2.52. The van der Waals surface area contributed by atoms with Crippen molar-refractivity contribution in [1.82, 2.24) is 10.2 Å². The number of carbonyl (C=O) groups is 2. The van der Waals surface area contributed by atoms with Gasteiger partial charge in [0.25, 0.3) is 11.8 Å². The molecule has 156 valence electrons. The summed E-state index contributed by atoms with van der Waals surface area (Å²) in [5.41, 5.74) is 5.47. The van der Waals surface area contributed by atoms with Crippen molar-refractivity contribution in [2.45, 2.75) is 50.1 Å². The van der Waals surface area contributed by atoms with Crippen molar-refractivity contribution < 1.29 is 18.4 Å². The lowest BCUT2D eigenvalue weighted by molar-refractivity contribution is -0.127. The maximum absolute atomic E-state index is 13.4. The highest BCUT2D eigenvalue weighted by Gasteiger charge is 2.47. The van der Waals surface area contributed by atoms with Crippen molar-refractivity contribution in [2.75, 3.05) is 13.1 Å². The van der Waals surface area contributed by atoms with E-state index >= 15 is 0 Å². The molecule has 3 unspecified atom stereocenters. The quantitative estimate of drug-likeness (QED) is 0.744. The number of carbonyl (C=O) groups excluding carboxylic acids is 2. The highest BCUT2D eigenvalue weighted by atomic mass is 35.5. The number of nitrogens with two attached hydrogens (primary N) is 1. The van der Waals surface area contributed by atoms with Crippen LogP contribution in [0.3, 0.4) is 0 Å². The van der Waals surface area contributed by atoms with E-state index in [9.17, 15) is 18.4 Å². The highest BCUT2D eigenvalue weighted by Crippen LogP contribution is 2.40. The fourth-order valence-electron chi connectivity index (χ4n) is 4.13. The number of rotatable bonds is 5. The van der Waals surface area contributed by atoms with Gasteiger partial charge in [-0.1, -0.05) is 24.4 Å². The number of benzene rings is 1. The number of halogens is 4. The first-order valence-electron chi connectivity index (χ1n) is 9.26. The maximum Gasteiger partial charge on any atom is 0.277 e. The molecule has 1 aliphatic heterocycles. The van der Waals surface area contributed by atoms with E-state index in [1.807, 2.05) is 0 Å². The van der Waals surface area contributed by atoms with Gasteiger partial charge in [0.1, 0.15) is 6.04 Å². The number of likely N-dealkylation sites (tertiary alicyclic amines) is 1. The summed E-state index contributed by atoms with van der Waals surface area (Å²) >= 11 is 5.89. The molecule has 9 heteroatoms. The Balaban J connectivity index is 0.00000280. The van der Waals surface area contributed by atoms with Crippen molar-refractivity contribution in [3.8, 4) is 0 Å². The monoisotopic (exact) mass is 435 g/mol. The van der Waals surface area contributed by atoms with Gasteiger partial charge in [-0.05, 0) is 49.4 Å². The molecule has 0 radical (unpaired) electrons. The number of hydrogen-bond donors (Lipinski definition) is 2. The largest absolute Gasteiger partial charge is 0.348 e. The number of amides is 2. The smallest absolute Gasteiger partial charge is 0.277 e. The predicted octanol–water partition coefficient (Wildman–Crippen LogP) is 3.25. The van der Waals surface area contributed by atoms with Gasteiger partial charge in [0.2, 0.25) is 5.91 Å². The second-order valence-electron chi connectivity index (χ2n) is 7.36. The van der Waals surface area contributed by atoms with Crippen LogP contribution in [-0.2, 0) is 4.79 Å². The van der Waals surface area contributed by atoms with Gasteiger partial charge in [-0.3, -0.25) is 9.59 Å². The molecule has 1 saturated carbocycles. The van der Waals surface area contributed by atoms with E-state index in [1.165, 1.54) is 0 Å². The first-order valence-corrected chi connectivity index (χ1v) is 9.64. The number of alkyl halides is 2. The molecule has 0 bridgehead atoms. The third-order valence-corrected chi connectivity index (χ3v) is 5.79. The summed E-state index contributed by atoms with van der Waals surface area (Å²) in [5, 5.41) is 2.80. The van der Waals surface area contributed by atoms with Crippen LogP contribution in [0.1, 0.15) is 42.5 Å². The van der Waals surface area contributed by atoms with Crippen LogP contribution in [0.25, 0.3) is 0 Å². The van der Waals surface area contributed by atoms with Gasteiger partial charge < -0.3 is 16.0 Å². The maximum atomic E-state index is 13.4. The van der Waals surface area contributed by atoms with Gasteiger partial charge >= 0.3 is 0 Å². The SMILES string of the molecule is Cl.NCC(F)(F)CNC(=O)C1CC2CCCCC2N1C(=O)c1ccc(Cl)cc1. The molecule has 0 spiro atoms. The number of nitrogens with one attached hydrogen (secondary N) is 1. The van der Waals surface area contributed by atoms with E-state index in [0.717, 1.165) is 25.7 Å². The molecule has 1 aliphatic carbocycles. The molecule has 0 aromatic heterocycles. The molecule has 3 rings (SSSR count). The second-order valence-corrected chi connectivity index (χ2v) is 7.80. The second kappa shape index (κ2) is 9.37. The van der Waals surface area contributed by atoms with Gasteiger partial charge in [0.15, 0.2) is 0 Å². The summed E-state index contributed by atoms with van der Waals surface area (Å²) in [7, 11) is 0. The molecule has 1 aromatic rings. The number of hydrogen-bond acceptors (Lipinski definition) is 3. The summed E-state index contributed by atoms with van der Waals surface area (Å²) in [6, 6.07) is 5.72. The first-order chi connectivity index (χ1) is 12.8. The molecule has 3 N–H and O–H groups in total. The molecule has 3 atom stereocenters. The summed E-state index contributed by atoms with van der Waals surface area (Å²) in [6.45, 7) is -1.66. The molecular weight excluding hydrogens is 411 g/mol. The zero-order valence-corrected chi connectivity index (χ0v) is 16.9. The van der Waals surface area contributed by atoms with Crippen LogP contribution in [0.5, 0.6) is 0 Å².